The number of hydrogen-bond acceptors (Lipinski definition) is 3. The molecule has 0 saturated heterocycles. The average molecular weight is 411 g/mol. The third-order valence-corrected chi connectivity index (χ3v) is 6.83. The van der Waals surface area contributed by atoms with Gasteiger partial charge in [-0.2, -0.15) is 0 Å². The highest BCUT2D eigenvalue weighted by Gasteiger charge is 2.51. The van der Waals surface area contributed by atoms with Crippen molar-refractivity contribution < 1.29 is 26.3 Å². The predicted octanol–water partition coefficient (Wildman–Crippen LogP) is 4.11. The standard InChI is InChI=1S/C20H20F3NO3S/c1-27-20(23)7-6-14(17(21)18(20)22)16-11-19(8-9-19)10-15(16)12-2-4-13(5-3-12)28(24,25)26/h2-7,18H,8-11H2,1H3,(H2,24,25,26). The van der Waals surface area contributed by atoms with Crippen LogP contribution in [0.3, 0.4) is 0 Å². The van der Waals surface area contributed by atoms with E-state index >= 15 is 0 Å². The van der Waals surface area contributed by atoms with Gasteiger partial charge in [0.1, 0.15) is 5.83 Å². The van der Waals surface area contributed by atoms with Crippen molar-refractivity contribution in [2.45, 2.75) is 42.6 Å². The Labute approximate surface area is 161 Å². The number of methoxy groups -OCH3 is 1. The lowest BCUT2D eigenvalue weighted by Gasteiger charge is -2.28. The topological polar surface area (TPSA) is 69.4 Å². The molecule has 2 unspecified atom stereocenters. The first kappa shape index (κ1) is 19.4. The average Bonchev–Trinajstić information content (AvgIpc) is 3.31. The Kier molecular flexibility index (Phi) is 4.37. The lowest BCUT2D eigenvalue weighted by Crippen LogP contribution is -2.37. The summed E-state index contributed by atoms with van der Waals surface area (Å²) in [5, 5.41) is 5.13. The van der Waals surface area contributed by atoms with Crippen molar-refractivity contribution in [3.8, 4) is 0 Å². The molecule has 3 aliphatic rings. The van der Waals surface area contributed by atoms with Crippen LogP contribution in [-0.4, -0.2) is 27.6 Å². The van der Waals surface area contributed by atoms with E-state index in [0.717, 1.165) is 37.2 Å². The van der Waals surface area contributed by atoms with Crippen LogP contribution in [0.5, 0.6) is 0 Å². The Bertz CT molecular complexity index is 1020. The Morgan fingerprint density at radius 1 is 1.14 bits per heavy atom. The molecule has 1 fully saturated rings. The minimum absolute atomic E-state index is 0.0216. The largest absolute Gasteiger partial charge is 0.343 e. The third kappa shape index (κ3) is 3.13. The van der Waals surface area contributed by atoms with Crippen molar-refractivity contribution in [3.63, 3.8) is 0 Å². The van der Waals surface area contributed by atoms with Crippen molar-refractivity contribution in [1.82, 2.24) is 0 Å². The fourth-order valence-corrected chi connectivity index (χ4v) is 4.54. The molecule has 0 aliphatic heterocycles. The number of halogens is 3. The monoisotopic (exact) mass is 411 g/mol. The van der Waals surface area contributed by atoms with Gasteiger partial charge in [0.05, 0.1) is 4.90 Å². The molecule has 8 heteroatoms. The first-order valence-corrected chi connectivity index (χ1v) is 10.5. The summed E-state index contributed by atoms with van der Waals surface area (Å²) in [6.45, 7) is 0. The fourth-order valence-electron chi connectivity index (χ4n) is 4.02. The molecular weight excluding hydrogens is 391 g/mol. The summed E-state index contributed by atoms with van der Waals surface area (Å²) in [5.41, 5.74) is 2.26. The zero-order chi connectivity index (χ0) is 20.3. The maximum atomic E-state index is 14.8. The molecule has 28 heavy (non-hydrogen) atoms. The second-order valence-corrected chi connectivity index (χ2v) is 9.30. The minimum atomic E-state index is -3.82. The van der Waals surface area contributed by atoms with Gasteiger partial charge < -0.3 is 4.74 Å². The molecule has 0 aromatic heterocycles. The van der Waals surface area contributed by atoms with Gasteiger partial charge in [0.2, 0.25) is 16.2 Å². The molecule has 4 nitrogen and oxygen atoms in total. The summed E-state index contributed by atoms with van der Waals surface area (Å²) in [5.74, 6) is -4.00. The molecular formula is C20H20F3NO3S. The second kappa shape index (κ2) is 6.30. The molecule has 0 heterocycles. The number of hydrogen-bond donors (Lipinski definition) is 1. The van der Waals surface area contributed by atoms with Gasteiger partial charge in [0, 0.05) is 12.7 Å². The number of sulfonamides is 1. The number of nitrogens with two attached hydrogens (primary N) is 1. The van der Waals surface area contributed by atoms with Gasteiger partial charge >= 0.3 is 0 Å². The first-order valence-electron chi connectivity index (χ1n) is 8.91. The molecule has 1 saturated carbocycles. The number of allylic oxidation sites excluding steroid dienone is 4. The van der Waals surface area contributed by atoms with Crippen LogP contribution < -0.4 is 5.14 Å². The first-order chi connectivity index (χ1) is 13.1. The summed E-state index contributed by atoms with van der Waals surface area (Å²) in [6, 6.07) is 6.01. The number of rotatable bonds is 4. The van der Waals surface area contributed by atoms with Crippen molar-refractivity contribution in [2.75, 3.05) is 7.11 Å². The lowest BCUT2D eigenvalue weighted by atomic mass is 9.90. The van der Waals surface area contributed by atoms with Crippen LogP contribution in [0, 0.1) is 5.41 Å². The van der Waals surface area contributed by atoms with Gasteiger partial charge in [0.25, 0.3) is 5.85 Å². The highest BCUT2D eigenvalue weighted by Crippen LogP contribution is 2.63. The molecule has 3 aliphatic carbocycles. The smallest absolute Gasteiger partial charge is 0.266 e. The lowest BCUT2D eigenvalue weighted by molar-refractivity contribution is -0.125. The van der Waals surface area contributed by atoms with Crippen molar-refractivity contribution in [1.29, 1.82) is 0 Å². The Morgan fingerprint density at radius 2 is 1.75 bits per heavy atom. The van der Waals surface area contributed by atoms with Crippen molar-refractivity contribution in [2.24, 2.45) is 10.6 Å². The summed E-state index contributed by atoms with van der Waals surface area (Å²) >= 11 is 0. The second-order valence-electron chi connectivity index (χ2n) is 7.74. The van der Waals surface area contributed by atoms with Gasteiger partial charge in [-0.3, -0.25) is 0 Å². The van der Waals surface area contributed by atoms with Crippen LogP contribution in [-0.2, 0) is 14.8 Å². The van der Waals surface area contributed by atoms with Crippen LogP contribution in [0.25, 0.3) is 5.57 Å². The SMILES string of the molecule is COC1(F)C=CC(C2=C(c3ccc(S(N)(=O)=O)cc3)CC3(CC3)C2)=C(F)C1F. The van der Waals surface area contributed by atoms with Gasteiger partial charge in [-0.1, -0.05) is 18.2 Å². The van der Waals surface area contributed by atoms with Crippen LogP contribution in [0.15, 0.2) is 58.3 Å². The zero-order valence-electron chi connectivity index (χ0n) is 15.2. The van der Waals surface area contributed by atoms with Gasteiger partial charge in [-0.25, -0.2) is 26.7 Å². The molecule has 150 valence electrons. The van der Waals surface area contributed by atoms with Gasteiger partial charge in [0.15, 0.2) is 0 Å². The van der Waals surface area contributed by atoms with Crippen LogP contribution in [0.2, 0.25) is 0 Å². The maximum Gasteiger partial charge on any atom is 0.266 e. The minimum Gasteiger partial charge on any atom is -0.343 e. The molecule has 1 spiro atoms. The normalized spacial score (nSPS) is 29.1. The molecule has 0 bridgehead atoms. The molecule has 2 atom stereocenters. The van der Waals surface area contributed by atoms with Crippen molar-refractivity contribution in [3.05, 3.63) is 59.0 Å². The number of alkyl halides is 2. The van der Waals surface area contributed by atoms with E-state index in [0.29, 0.717) is 18.4 Å². The number of ether oxygens (including phenoxy) is 1. The van der Waals surface area contributed by atoms with Crippen LogP contribution in [0.1, 0.15) is 31.2 Å². The zero-order valence-corrected chi connectivity index (χ0v) is 16.0. The van der Waals surface area contributed by atoms with Gasteiger partial charge in [-0.05, 0) is 66.0 Å². The van der Waals surface area contributed by atoms with E-state index in [-0.39, 0.29) is 15.9 Å². The molecule has 2 N–H and O–H groups in total. The Morgan fingerprint density at radius 3 is 2.29 bits per heavy atom. The van der Waals surface area contributed by atoms with Crippen molar-refractivity contribution >= 4 is 15.6 Å². The predicted molar refractivity (Wildman–Crippen MR) is 98.7 cm³/mol. The van der Waals surface area contributed by atoms with E-state index in [4.69, 9.17) is 5.14 Å². The fraction of sp³-hybridized carbons (Fsp3) is 0.400. The van der Waals surface area contributed by atoms with E-state index in [2.05, 4.69) is 4.74 Å². The third-order valence-electron chi connectivity index (χ3n) is 5.90. The summed E-state index contributed by atoms with van der Waals surface area (Å²) < 4.78 is 70.9. The highest BCUT2D eigenvalue weighted by molar-refractivity contribution is 7.89. The summed E-state index contributed by atoms with van der Waals surface area (Å²) in [6.07, 6.45) is 2.84. The van der Waals surface area contributed by atoms with Crippen LogP contribution >= 0.6 is 0 Å². The van der Waals surface area contributed by atoms with E-state index in [1.807, 2.05) is 0 Å². The van der Waals surface area contributed by atoms with E-state index < -0.39 is 27.9 Å². The summed E-state index contributed by atoms with van der Waals surface area (Å²) in [7, 11) is -2.83. The number of primary sulfonamides is 1. The molecule has 1 aromatic rings. The Balaban J connectivity index is 1.78. The quantitative estimate of drug-likeness (QED) is 0.811. The van der Waals surface area contributed by atoms with E-state index in [1.54, 1.807) is 12.1 Å². The number of benzene rings is 1. The summed E-state index contributed by atoms with van der Waals surface area (Å²) in [4.78, 5) is -0.0216. The molecule has 4 rings (SSSR count). The van der Waals surface area contributed by atoms with Gasteiger partial charge in [-0.15, -0.1) is 0 Å². The van der Waals surface area contributed by atoms with Crippen LogP contribution in [0.4, 0.5) is 13.2 Å². The Hall–Kier alpha value is -1.90. The van der Waals surface area contributed by atoms with E-state index in [1.165, 1.54) is 18.2 Å². The maximum absolute atomic E-state index is 14.8. The molecule has 1 aromatic carbocycles. The highest BCUT2D eigenvalue weighted by atomic mass is 32.2. The van der Waals surface area contributed by atoms with E-state index in [9.17, 15) is 21.6 Å². The molecule has 0 radical (unpaired) electrons. The molecule has 0 amide bonds.